The smallest absolute Gasteiger partial charge is 0.417 e. The molecule has 0 aliphatic heterocycles. The molecule has 0 radical (unpaired) electrons. The lowest BCUT2D eigenvalue weighted by Gasteiger charge is -2.11. The summed E-state index contributed by atoms with van der Waals surface area (Å²) in [7, 11) is 0. The van der Waals surface area contributed by atoms with Crippen molar-refractivity contribution in [1.82, 2.24) is 9.97 Å². The first-order valence-electron chi connectivity index (χ1n) is 7.28. The summed E-state index contributed by atoms with van der Waals surface area (Å²) in [5.41, 5.74) is -1.47. The second-order valence-electron chi connectivity index (χ2n) is 5.53. The molecular weight excluding hydrogens is 387 g/mol. The minimum atomic E-state index is -4.61. The van der Waals surface area contributed by atoms with Gasteiger partial charge >= 0.3 is 11.9 Å². The molecule has 0 saturated carbocycles. The van der Waals surface area contributed by atoms with Crippen LogP contribution in [0.3, 0.4) is 0 Å². The van der Waals surface area contributed by atoms with Crippen molar-refractivity contribution >= 4 is 17.0 Å². The Kier molecular flexibility index (Phi) is 4.47. The highest BCUT2D eigenvalue weighted by Crippen LogP contribution is 2.42. The maximum atomic E-state index is 13.3. The van der Waals surface area contributed by atoms with E-state index in [0.717, 1.165) is 35.7 Å². The molecule has 0 fully saturated rings. The largest absolute Gasteiger partial charge is 0.504 e. The molecule has 0 spiro atoms. The second kappa shape index (κ2) is 6.50. The molecule has 0 bridgehead atoms. The lowest BCUT2D eigenvalue weighted by atomic mass is 10.1. The molecule has 0 unspecified atom stereocenters. The first-order chi connectivity index (χ1) is 12.6. The predicted octanol–water partition coefficient (Wildman–Crippen LogP) is 4.52. The van der Waals surface area contributed by atoms with E-state index < -0.39 is 33.8 Å². The van der Waals surface area contributed by atoms with E-state index >= 15 is 0 Å². The highest BCUT2D eigenvalue weighted by Gasteiger charge is 2.35. The molecule has 1 aromatic carbocycles. The minimum Gasteiger partial charge on any atom is -0.504 e. The summed E-state index contributed by atoms with van der Waals surface area (Å²) in [6.45, 7) is 1.44. The molecule has 11 heteroatoms. The summed E-state index contributed by atoms with van der Waals surface area (Å²) in [6, 6.07) is 2.93. The molecule has 7 nitrogen and oxygen atoms in total. The fraction of sp³-hybridized carbons (Fsp3) is 0.125. The van der Waals surface area contributed by atoms with Gasteiger partial charge in [-0.25, -0.2) is 4.98 Å². The van der Waals surface area contributed by atoms with Crippen LogP contribution in [0, 0.1) is 17.0 Å². The van der Waals surface area contributed by atoms with Gasteiger partial charge in [0.05, 0.1) is 16.2 Å². The number of nitrogens with zero attached hydrogens (tertiary/aromatic N) is 3. The topological polar surface area (TPSA) is 109 Å². The molecule has 27 heavy (non-hydrogen) atoms. The minimum absolute atomic E-state index is 0.0139. The number of thiazole rings is 1. The number of aromatic hydroxyl groups is 2. The zero-order valence-corrected chi connectivity index (χ0v) is 14.3. The van der Waals surface area contributed by atoms with Crippen LogP contribution in [0.4, 0.5) is 18.9 Å². The van der Waals surface area contributed by atoms with E-state index in [2.05, 4.69) is 9.97 Å². The summed E-state index contributed by atoms with van der Waals surface area (Å²) in [5, 5.41) is 31.6. The Morgan fingerprint density at radius 3 is 2.56 bits per heavy atom. The molecule has 0 saturated heterocycles. The van der Waals surface area contributed by atoms with Crippen molar-refractivity contribution in [3.8, 4) is 33.3 Å². The van der Waals surface area contributed by atoms with Crippen LogP contribution in [0.1, 0.15) is 11.3 Å². The van der Waals surface area contributed by atoms with E-state index in [1.165, 1.54) is 12.3 Å². The van der Waals surface area contributed by atoms with Crippen molar-refractivity contribution in [1.29, 1.82) is 0 Å². The van der Waals surface area contributed by atoms with Gasteiger partial charge in [0.25, 0.3) is 0 Å². The number of alkyl halides is 3. The van der Waals surface area contributed by atoms with E-state index in [9.17, 15) is 33.5 Å². The fourth-order valence-electron chi connectivity index (χ4n) is 2.39. The van der Waals surface area contributed by atoms with Gasteiger partial charge in [0.1, 0.15) is 5.01 Å². The van der Waals surface area contributed by atoms with Crippen LogP contribution in [-0.2, 0) is 6.18 Å². The Morgan fingerprint density at radius 2 is 1.93 bits per heavy atom. The maximum absolute atomic E-state index is 13.3. The van der Waals surface area contributed by atoms with Crippen LogP contribution in [0.5, 0.6) is 11.5 Å². The molecule has 3 rings (SSSR count). The highest BCUT2D eigenvalue weighted by molar-refractivity contribution is 7.13. The number of nitro groups is 1. The van der Waals surface area contributed by atoms with Crippen molar-refractivity contribution in [2.45, 2.75) is 13.1 Å². The average Bonchev–Trinajstić information content (AvgIpc) is 3.06. The molecule has 0 atom stereocenters. The maximum Gasteiger partial charge on any atom is 0.417 e. The van der Waals surface area contributed by atoms with Gasteiger partial charge in [0.2, 0.25) is 5.75 Å². The summed E-state index contributed by atoms with van der Waals surface area (Å²) in [6.07, 6.45) is -3.54. The number of halogens is 3. The van der Waals surface area contributed by atoms with Gasteiger partial charge in [-0.2, -0.15) is 13.2 Å². The Labute approximate surface area is 153 Å². The zero-order chi connectivity index (χ0) is 19.9. The number of benzene rings is 1. The molecule has 0 aliphatic rings. The van der Waals surface area contributed by atoms with E-state index in [4.69, 9.17) is 0 Å². The number of hydrogen-bond donors (Lipinski definition) is 2. The van der Waals surface area contributed by atoms with Gasteiger partial charge in [-0.05, 0) is 19.1 Å². The molecule has 2 heterocycles. The first kappa shape index (κ1) is 18.6. The van der Waals surface area contributed by atoms with Crippen LogP contribution in [0.2, 0.25) is 0 Å². The zero-order valence-electron chi connectivity index (χ0n) is 13.5. The first-order valence-corrected chi connectivity index (χ1v) is 8.16. The van der Waals surface area contributed by atoms with Crippen molar-refractivity contribution in [2.24, 2.45) is 0 Å². The molecule has 2 aromatic heterocycles. The van der Waals surface area contributed by atoms with Gasteiger partial charge < -0.3 is 10.2 Å². The number of phenols is 2. The highest BCUT2D eigenvalue weighted by atomic mass is 32.1. The molecule has 2 N–H and O–H groups in total. The normalized spacial score (nSPS) is 11.6. The number of phenolic OH excluding ortho intramolecular Hbond substituents is 2. The summed E-state index contributed by atoms with van der Waals surface area (Å²) in [4.78, 5) is 18.0. The van der Waals surface area contributed by atoms with E-state index in [-0.39, 0.29) is 27.5 Å². The third-order valence-electron chi connectivity index (χ3n) is 3.64. The standard InChI is InChI=1S/C16H10F3N3O4S/c1-7-2-10(16(17,18)19)9(5-20-7)15-21-11(6-27-15)8-3-12(22(25)26)14(24)13(23)4-8/h2-6,23-24H,1H3. The third kappa shape index (κ3) is 3.53. The van der Waals surface area contributed by atoms with E-state index in [1.54, 1.807) is 0 Å². The molecule has 0 amide bonds. The van der Waals surface area contributed by atoms with Gasteiger partial charge in [-0.3, -0.25) is 15.1 Å². The Balaban J connectivity index is 2.11. The average molecular weight is 397 g/mol. The quantitative estimate of drug-likeness (QED) is 0.382. The number of hydrogen-bond acceptors (Lipinski definition) is 7. The third-order valence-corrected chi connectivity index (χ3v) is 4.52. The SMILES string of the molecule is Cc1cc(C(F)(F)F)c(-c2nc(-c3cc(O)c(O)c([N+](=O)[O-])c3)cs2)cn1. The Hall–Kier alpha value is -3.21. The lowest BCUT2D eigenvalue weighted by molar-refractivity contribution is -0.385. The van der Waals surface area contributed by atoms with Crippen molar-refractivity contribution < 1.29 is 28.3 Å². The van der Waals surface area contributed by atoms with Crippen molar-refractivity contribution in [2.75, 3.05) is 0 Å². The summed E-state index contributed by atoms with van der Waals surface area (Å²) >= 11 is 0.893. The van der Waals surface area contributed by atoms with Gasteiger partial charge in [-0.1, -0.05) is 0 Å². The Bertz CT molecular complexity index is 1050. The lowest BCUT2D eigenvalue weighted by Crippen LogP contribution is -2.08. The van der Waals surface area contributed by atoms with E-state index in [1.807, 2.05) is 0 Å². The van der Waals surface area contributed by atoms with Gasteiger partial charge in [0.15, 0.2) is 5.75 Å². The van der Waals surface area contributed by atoms with Crippen molar-refractivity contribution in [3.05, 3.63) is 51.1 Å². The number of aromatic nitrogens is 2. The van der Waals surface area contributed by atoms with Crippen LogP contribution < -0.4 is 0 Å². The summed E-state index contributed by atoms with van der Waals surface area (Å²) < 4.78 is 39.9. The predicted molar refractivity (Wildman–Crippen MR) is 90.5 cm³/mol. The number of nitro benzene ring substituents is 1. The molecular formula is C16H10F3N3O4S. The Morgan fingerprint density at radius 1 is 1.22 bits per heavy atom. The molecule has 3 aromatic rings. The van der Waals surface area contributed by atoms with E-state index in [0.29, 0.717) is 0 Å². The van der Waals surface area contributed by atoms with Crippen LogP contribution >= 0.6 is 11.3 Å². The van der Waals surface area contributed by atoms with Gasteiger partial charge in [0, 0.05) is 34.5 Å². The second-order valence-corrected chi connectivity index (χ2v) is 6.39. The van der Waals surface area contributed by atoms with Crippen LogP contribution in [0.15, 0.2) is 29.8 Å². The number of aryl methyl sites for hydroxylation is 1. The molecule has 140 valence electrons. The fourth-order valence-corrected chi connectivity index (χ4v) is 3.24. The van der Waals surface area contributed by atoms with Crippen LogP contribution in [0.25, 0.3) is 21.8 Å². The van der Waals surface area contributed by atoms with Crippen molar-refractivity contribution in [3.63, 3.8) is 0 Å². The number of pyridine rings is 1. The van der Waals surface area contributed by atoms with Gasteiger partial charge in [-0.15, -0.1) is 11.3 Å². The summed E-state index contributed by atoms with van der Waals surface area (Å²) in [5.74, 6) is -1.64. The van der Waals surface area contributed by atoms with Crippen LogP contribution in [-0.4, -0.2) is 25.1 Å². The monoisotopic (exact) mass is 397 g/mol. The molecule has 0 aliphatic carbocycles. The number of rotatable bonds is 3.